The number of carbonyl (C=O) groups is 1. The average Bonchev–Trinajstić information content (AvgIpc) is 2.97. The molecule has 10 nitrogen and oxygen atoms in total. The minimum absolute atomic E-state index is 0.137. The van der Waals surface area contributed by atoms with Crippen LogP contribution < -0.4 is 19.5 Å². The molecule has 2 heterocycles. The van der Waals surface area contributed by atoms with E-state index in [4.69, 9.17) is 9.57 Å². The van der Waals surface area contributed by atoms with Crippen molar-refractivity contribution in [3.8, 4) is 5.75 Å². The molecule has 1 saturated heterocycles. The number of nitrogens with zero attached hydrogens (tertiary/aromatic N) is 2. The van der Waals surface area contributed by atoms with Gasteiger partial charge in [-0.15, -0.1) is 11.8 Å². The van der Waals surface area contributed by atoms with E-state index in [-0.39, 0.29) is 12.4 Å². The fraction of sp³-hybridized carbons (Fsp3) is 0.538. The van der Waals surface area contributed by atoms with Crippen molar-refractivity contribution in [1.82, 2.24) is 19.5 Å². The number of thioether (sulfide) groups is 1. The molecule has 0 spiro atoms. The first-order valence-electron chi connectivity index (χ1n) is 7.54. The monoisotopic (exact) mass is 409 g/mol. The highest BCUT2D eigenvalue weighted by Crippen LogP contribution is 2.22. The van der Waals surface area contributed by atoms with Crippen LogP contribution in [0.4, 0.5) is 15.0 Å². The number of hydroxylamine groups is 2. The fourth-order valence-corrected chi connectivity index (χ4v) is 4.31. The number of urea groups is 1. The summed E-state index contributed by atoms with van der Waals surface area (Å²) in [6, 6.07) is 2.12. The Morgan fingerprint density at radius 1 is 1.50 bits per heavy atom. The number of nitrogens with one attached hydrogen (secondary N) is 3. The summed E-state index contributed by atoms with van der Waals surface area (Å²) in [5.74, 6) is 1.20. The highest BCUT2D eigenvalue weighted by molar-refractivity contribution is 8.00. The number of ether oxygens (including phenoxy) is 1. The van der Waals surface area contributed by atoms with Crippen LogP contribution in [0.5, 0.6) is 5.75 Å². The van der Waals surface area contributed by atoms with E-state index in [1.807, 2.05) is 4.72 Å². The van der Waals surface area contributed by atoms with Crippen molar-refractivity contribution in [3.63, 3.8) is 0 Å². The molecule has 0 radical (unpaired) electrons. The Kier molecular flexibility index (Phi) is 7.40. The third kappa shape index (κ3) is 6.25. The second-order valence-corrected chi connectivity index (χ2v) is 7.73. The van der Waals surface area contributed by atoms with Crippen LogP contribution >= 0.6 is 11.8 Å². The van der Waals surface area contributed by atoms with E-state index in [0.717, 1.165) is 0 Å². The summed E-state index contributed by atoms with van der Waals surface area (Å²) in [5.41, 5.74) is -0.173. The fourth-order valence-electron chi connectivity index (χ4n) is 2.08. The number of pyridine rings is 1. The molecule has 1 aromatic heterocycles. The summed E-state index contributed by atoms with van der Waals surface area (Å²) < 4.78 is 45.5. The summed E-state index contributed by atoms with van der Waals surface area (Å²) in [4.78, 5) is 21.1. The number of hydrogen-bond donors (Lipinski definition) is 3. The number of rotatable bonds is 8. The molecular formula is C13H20FN5O5S2. The number of aromatic nitrogens is 1. The van der Waals surface area contributed by atoms with Gasteiger partial charge < -0.3 is 4.74 Å². The average molecular weight is 409 g/mol. The number of hydrogen-bond acceptors (Lipinski definition) is 8. The van der Waals surface area contributed by atoms with Crippen LogP contribution in [0.25, 0.3) is 0 Å². The van der Waals surface area contributed by atoms with Crippen molar-refractivity contribution < 1.29 is 27.2 Å². The Balaban J connectivity index is 1.93. The van der Waals surface area contributed by atoms with Crippen molar-refractivity contribution in [2.75, 3.05) is 38.0 Å². The Morgan fingerprint density at radius 2 is 2.27 bits per heavy atom. The van der Waals surface area contributed by atoms with Gasteiger partial charge in [-0.2, -0.15) is 18.2 Å². The molecule has 26 heavy (non-hydrogen) atoms. The maximum atomic E-state index is 12.2. The van der Waals surface area contributed by atoms with Crippen LogP contribution in [-0.2, 0) is 15.0 Å². The molecule has 1 unspecified atom stereocenters. The normalized spacial score (nSPS) is 17.9. The predicted molar refractivity (Wildman–Crippen MR) is 94.6 cm³/mol. The van der Waals surface area contributed by atoms with Crippen LogP contribution in [0, 0.1) is 6.92 Å². The summed E-state index contributed by atoms with van der Waals surface area (Å²) >= 11 is 1.25. The zero-order valence-corrected chi connectivity index (χ0v) is 15.8. The summed E-state index contributed by atoms with van der Waals surface area (Å²) in [6.45, 7) is 1.27. The number of anilines is 1. The predicted octanol–water partition coefficient (Wildman–Crippen LogP) is 0.588. The first-order chi connectivity index (χ1) is 12.3. The molecule has 1 aliphatic rings. The second kappa shape index (κ2) is 9.32. The van der Waals surface area contributed by atoms with Gasteiger partial charge in [-0.3, -0.25) is 10.2 Å². The molecule has 2 rings (SSSR count). The van der Waals surface area contributed by atoms with Gasteiger partial charge in [-0.05, 0) is 6.92 Å². The van der Waals surface area contributed by atoms with Gasteiger partial charge in [0.25, 0.3) is 0 Å². The molecular weight excluding hydrogens is 389 g/mol. The molecule has 3 N–H and O–H groups in total. The lowest BCUT2D eigenvalue weighted by atomic mass is 10.3. The largest absolute Gasteiger partial charge is 0.497 e. The van der Waals surface area contributed by atoms with Gasteiger partial charge in [-0.1, -0.05) is 0 Å². The Labute approximate surface area is 155 Å². The number of halogens is 1. The van der Waals surface area contributed by atoms with Crippen LogP contribution in [0.3, 0.4) is 0 Å². The lowest BCUT2D eigenvalue weighted by Gasteiger charge is -2.23. The Hall–Kier alpha value is -1.67. The van der Waals surface area contributed by atoms with Gasteiger partial charge in [0, 0.05) is 30.1 Å². The lowest BCUT2D eigenvalue weighted by molar-refractivity contribution is -0.162. The van der Waals surface area contributed by atoms with Crippen molar-refractivity contribution in [2.45, 2.75) is 12.4 Å². The van der Waals surface area contributed by atoms with E-state index in [2.05, 4.69) is 15.0 Å². The zero-order valence-electron chi connectivity index (χ0n) is 14.2. The van der Waals surface area contributed by atoms with Gasteiger partial charge in [-0.25, -0.2) is 18.9 Å². The number of aryl methyl sites for hydroxylation is 1. The van der Waals surface area contributed by atoms with Crippen LogP contribution in [0.15, 0.2) is 12.1 Å². The van der Waals surface area contributed by atoms with Crippen LogP contribution in [0.2, 0.25) is 0 Å². The van der Waals surface area contributed by atoms with Gasteiger partial charge in [0.2, 0.25) is 0 Å². The third-order valence-corrected chi connectivity index (χ3v) is 5.29. The summed E-state index contributed by atoms with van der Waals surface area (Å²) in [5, 5.41) is 3.64. The molecule has 1 aliphatic heterocycles. The SMILES string of the molecule is COc1cc(C)nc(NC(=O)NS(=O)(=O)NC2SCCN2OCCF)c1. The quantitative estimate of drug-likeness (QED) is 0.570. The van der Waals surface area contributed by atoms with E-state index in [0.29, 0.717) is 23.7 Å². The van der Waals surface area contributed by atoms with Crippen LogP contribution in [-0.4, -0.2) is 62.7 Å². The van der Waals surface area contributed by atoms with E-state index in [1.165, 1.54) is 30.0 Å². The first kappa shape index (κ1) is 20.6. The molecule has 2 amide bonds. The Bertz CT molecular complexity index is 736. The van der Waals surface area contributed by atoms with Crippen molar-refractivity contribution >= 4 is 33.8 Å². The molecule has 0 saturated carbocycles. The van der Waals surface area contributed by atoms with E-state index in [1.54, 1.807) is 13.0 Å². The zero-order chi connectivity index (χ0) is 19.2. The first-order valence-corrected chi connectivity index (χ1v) is 10.1. The number of alkyl halides is 1. The van der Waals surface area contributed by atoms with Crippen LogP contribution in [0.1, 0.15) is 5.69 Å². The van der Waals surface area contributed by atoms with Gasteiger partial charge >= 0.3 is 16.2 Å². The third-order valence-electron chi connectivity index (χ3n) is 3.07. The minimum atomic E-state index is -4.18. The van der Waals surface area contributed by atoms with Crippen molar-refractivity contribution in [2.24, 2.45) is 0 Å². The molecule has 1 aromatic rings. The summed E-state index contributed by atoms with van der Waals surface area (Å²) in [6.07, 6.45) is 0. The maximum Gasteiger partial charge on any atom is 0.335 e. The lowest BCUT2D eigenvalue weighted by Crippen LogP contribution is -2.49. The van der Waals surface area contributed by atoms with E-state index < -0.39 is 28.4 Å². The second-order valence-electron chi connectivity index (χ2n) is 5.10. The smallest absolute Gasteiger partial charge is 0.335 e. The standard InChI is InChI=1S/C13H20FN5O5S2/c1-9-7-10(23-2)8-11(15-9)16-12(20)17-26(21,22)18-13-19(4-6-25-13)24-5-3-14/h7-8,13,18H,3-6H2,1-2H3,(H2,15,16,17,20). The Morgan fingerprint density at radius 3 is 2.96 bits per heavy atom. The van der Waals surface area contributed by atoms with Crippen molar-refractivity contribution in [3.05, 3.63) is 17.8 Å². The summed E-state index contributed by atoms with van der Waals surface area (Å²) in [7, 11) is -2.71. The number of methoxy groups -OCH3 is 1. The van der Waals surface area contributed by atoms with Crippen molar-refractivity contribution in [1.29, 1.82) is 0 Å². The molecule has 13 heteroatoms. The minimum Gasteiger partial charge on any atom is -0.497 e. The maximum absolute atomic E-state index is 12.2. The molecule has 1 fully saturated rings. The van der Waals surface area contributed by atoms with E-state index >= 15 is 0 Å². The molecule has 0 bridgehead atoms. The topological polar surface area (TPSA) is 122 Å². The van der Waals surface area contributed by atoms with E-state index in [9.17, 15) is 17.6 Å². The van der Waals surface area contributed by atoms with Gasteiger partial charge in [0.1, 0.15) is 23.7 Å². The molecule has 146 valence electrons. The molecule has 0 aromatic carbocycles. The van der Waals surface area contributed by atoms with Gasteiger partial charge in [0.05, 0.1) is 13.7 Å². The van der Waals surface area contributed by atoms with Gasteiger partial charge in [0.15, 0.2) is 0 Å². The molecule has 1 atom stereocenters. The number of carbonyl (C=O) groups excluding carboxylic acids is 1. The number of amides is 2. The highest BCUT2D eigenvalue weighted by Gasteiger charge is 2.30. The highest BCUT2D eigenvalue weighted by atomic mass is 32.2. The molecule has 0 aliphatic carbocycles.